The van der Waals surface area contributed by atoms with E-state index in [0.29, 0.717) is 12.0 Å². The molecule has 0 saturated heterocycles. The van der Waals surface area contributed by atoms with Gasteiger partial charge in [0.1, 0.15) is 0 Å². The summed E-state index contributed by atoms with van der Waals surface area (Å²) in [6.45, 7) is 1.93. The molecule has 0 heterocycles. The number of carbonyl (C=O) groups excluding carboxylic acids is 2. The van der Waals surface area contributed by atoms with Crippen molar-refractivity contribution < 1.29 is 14.3 Å². The van der Waals surface area contributed by atoms with Gasteiger partial charge in [-0.1, -0.05) is 19.1 Å². The van der Waals surface area contributed by atoms with Gasteiger partial charge in [-0.3, -0.25) is 4.79 Å². The van der Waals surface area contributed by atoms with Crippen LogP contribution in [-0.4, -0.2) is 25.0 Å². The van der Waals surface area contributed by atoms with Crippen LogP contribution >= 0.6 is 0 Å². The van der Waals surface area contributed by atoms with E-state index >= 15 is 0 Å². The van der Waals surface area contributed by atoms with Gasteiger partial charge in [0.15, 0.2) is 0 Å². The maximum Gasteiger partial charge on any atom is 0.337 e. The number of primary amides is 1. The van der Waals surface area contributed by atoms with Crippen molar-refractivity contribution >= 4 is 11.9 Å². The maximum atomic E-state index is 11.4. The molecule has 0 saturated carbocycles. The largest absolute Gasteiger partial charge is 0.465 e. The lowest BCUT2D eigenvalue weighted by atomic mass is 9.93. The fourth-order valence-electron chi connectivity index (χ4n) is 1.72. The molecule has 18 heavy (non-hydrogen) atoms. The van der Waals surface area contributed by atoms with Gasteiger partial charge in [-0.2, -0.15) is 0 Å². The van der Waals surface area contributed by atoms with E-state index in [1.54, 1.807) is 18.2 Å². The average Bonchev–Trinajstić information content (AvgIpc) is 2.37. The Morgan fingerprint density at radius 3 is 2.61 bits per heavy atom. The highest BCUT2D eigenvalue weighted by Gasteiger charge is 2.16. The molecule has 0 radical (unpaired) electrons. The third-order valence-corrected chi connectivity index (χ3v) is 2.85. The topological polar surface area (TPSA) is 95.4 Å². The molecule has 0 bridgehead atoms. The standard InChI is InChI=1S/C13H18N2O3/c1-8(6-11(14)12(15)16)9-4-3-5-10(7-9)13(17)18-2/h3-5,7-8,11H,6,14H2,1-2H3,(H2,15,16)/t8?,11-/m0/s1. The highest BCUT2D eigenvalue weighted by atomic mass is 16.5. The normalized spacial score (nSPS) is 13.7. The van der Waals surface area contributed by atoms with Gasteiger partial charge in [0.05, 0.1) is 18.7 Å². The molecule has 5 heteroatoms. The number of ether oxygens (including phenoxy) is 1. The van der Waals surface area contributed by atoms with E-state index in [-0.39, 0.29) is 11.9 Å². The van der Waals surface area contributed by atoms with E-state index < -0.39 is 11.9 Å². The minimum absolute atomic E-state index is 0.0390. The minimum atomic E-state index is -0.679. The summed E-state index contributed by atoms with van der Waals surface area (Å²) in [4.78, 5) is 22.3. The summed E-state index contributed by atoms with van der Waals surface area (Å²) >= 11 is 0. The van der Waals surface area contributed by atoms with Crippen LogP contribution in [-0.2, 0) is 9.53 Å². The van der Waals surface area contributed by atoms with Crippen molar-refractivity contribution in [2.75, 3.05) is 7.11 Å². The number of hydrogen-bond acceptors (Lipinski definition) is 4. The molecule has 1 rings (SSSR count). The Morgan fingerprint density at radius 2 is 2.06 bits per heavy atom. The van der Waals surface area contributed by atoms with Crippen molar-refractivity contribution in [2.45, 2.75) is 25.3 Å². The molecule has 98 valence electrons. The lowest BCUT2D eigenvalue weighted by Gasteiger charge is -2.15. The van der Waals surface area contributed by atoms with Gasteiger partial charge in [0, 0.05) is 0 Å². The van der Waals surface area contributed by atoms with Gasteiger partial charge in [0.25, 0.3) is 0 Å². The summed E-state index contributed by atoms with van der Waals surface area (Å²) < 4.78 is 4.65. The molecule has 0 fully saturated rings. The summed E-state index contributed by atoms with van der Waals surface area (Å²) in [5, 5.41) is 0. The van der Waals surface area contributed by atoms with Crippen LogP contribution in [0.15, 0.2) is 24.3 Å². The van der Waals surface area contributed by atoms with Crippen LogP contribution in [0.2, 0.25) is 0 Å². The summed E-state index contributed by atoms with van der Waals surface area (Å²) in [5.41, 5.74) is 12.1. The van der Waals surface area contributed by atoms with Crippen LogP contribution in [0.5, 0.6) is 0 Å². The molecule has 2 atom stereocenters. The molecular formula is C13H18N2O3. The van der Waals surface area contributed by atoms with Crippen LogP contribution < -0.4 is 11.5 Å². The smallest absolute Gasteiger partial charge is 0.337 e. The molecular weight excluding hydrogens is 232 g/mol. The molecule has 0 aliphatic heterocycles. The minimum Gasteiger partial charge on any atom is -0.465 e. The Labute approximate surface area is 106 Å². The predicted octanol–water partition coefficient (Wildman–Crippen LogP) is 0.779. The molecule has 4 N–H and O–H groups in total. The molecule has 0 aromatic heterocycles. The van der Waals surface area contributed by atoms with Crippen LogP contribution in [0, 0.1) is 0 Å². The molecule has 0 aliphatic rings. The number of hydrogen-bond donors (Lipinski definition) is 2. The van der Waals surface area contributed by atoms with Gasteiger partial charge < -0.3 is 16.2 Å². The number of amides is 1. The predicted molar refractivity (Wildman–Crippen MR) is 68.0 cm³/mol. The fraction of sp³-hybridized carbons (Fsp3) is 0.385. The molecule has 1 amide bonds. The Balaban J connectivity index is 2.83. The molecule has 1 aromatic carbocycles. The summed E-state index contributed by atoms with van der Waals surface area (Å²) in [7, 11) is 1.33. The van der Waals surface area contributed by atoms with E-state index in [0.717, 1.165) is 5.56 Å². The molecule has 0 aliphatic carbocycles. The highest BCUT2D eigenvalue weighted by Crippen LogP contribution is 2.21. The van der Waals surface area contributed by atoms with Crippen LogP contribution in [0.25, 0.3) is 0 Å². The Kier molecular flexibility index (Phi) is 4.85. The van der Waals surface area contributed by atoms with E-state index in [1.807, 2.05) is 13.0 Å². The zero-order valence-electron chi connectivity index (χ0n) is 10.6. The van der Waals surface area contributed by atoms with Gasteiger partial charge >= 0.3 is 5.97 Å². The number of carbonyl (C=O) groups is 2. The molecule has 5 nitrogen and oxygen atoms in total. The van der Waals surface area contributed by atoms with Gasteiger partial charge in [-0.05, 0) is 30.0 Å². The SMILES string of the molecule is COC(=O)c1cccc(C(C)C[C@H](N)C(N)=O)c1. The number of methoxy groups -OCH3 is 1. The monoisotopic (exact) mass is 250 g/mol. The van der Waals surface area contributed by atoms with Crippen molar-refractivity contribution in [2.24, 2.45) is 11.5 Å². The van der Waals surface area contributed by atoms with Crippen molar-refractivity contribution in [3.63, 3.8) is 0 Å². The van der Waals surface area contributed by atoms with Crippen molar-refractivity contribution in [1.29, 1.82) is 0 Å². The van der Waals surface area contributed by atoms with Crippen molar-refractivity contribution in [3.05, 3.63) is 35.4 Å². The lowest BCUT2D eigenvalue weighted by molar-refractivity contribution is -0.119. The lowest BCUT2D eigenvalue weighted by Crippen LogP contribution is -2.37. The molecule has 1 aromatic rings. The van der Waals surface area contributed by atoms with Crippen LogP contribution in [0.4, 0.5) is 0 Å². The first kappa shape index (κ1) is 14.2. The maximum absolute atomic E-state index is 11.4. The van der Waals surface area contributed by atoms with Crippen LogP contribution in [0.1, 0.15) is 35.2 Å². The second-order valence-corrected chi connectivity index (χ2v) is 4.26. The first-order chi connectivity index (χ1) is 8.45. The zero-order chi connectivity index (χ0) is 13.7. The first-order valence-electron chi connectivity index (χ1n) is 5.69. The Bertz CT molecular complexity index is 446. The quantitative estimate of drug-likeness (QED) is 0.755. The fourth-order valence-corrected chi connectivity index (χ4v) is 1.72. The number of benzene rings is 1. The van der Waals surface area contributed by atoms with E-state index in [1.165, 1.54) is 7.11 Å². The Hall–Kier alpha value is -1.88. The van der Waals surface area contributed by atoms with E-state index in [2.05, 4.69) is 4.74 Å². The van der Waals surface area contributed by atoms with Crippen molar-refractivity contribution in [1.82, 2.24) is 0 Å². The summed E-state index contributed by atoms with van der Waals surface area (Å²) in [6.07, 6.45) is 0.444. The van der Waals surface area contributed by atoms with Crippen molar-refractivity contribution in [3.8, 4) is 0 Å². The summed E-state index contributed by atoms with van der Waals surface area (Å²) in [5.74, 6) is -0.869. The Morgan fingerprint density at radius 1 is 1.39 bits per heavy atom. The summed E-state index contributed by atoms with van der Waals surface area (Å²) in [6, 6.07) is 6.39. The average molecular weight is 250 g/mol. The number of nitrogens with two attached hydrogens (primary N) is 2. The van der Waals surface area contributed by atoms with E-state index in [9.17, 15) is 9.59 Å². The van der Waals surface area contributed by atoms with Gasteiger partial charge in [-0.15, -0.1) is 0 Å². The van der Waals surface area contributed by atoms with Gasteiger partial charge in [0.2, 0.25) is 5.91 Å². The second kappa shape index (κ2) is 6.16. The third-order valence-electron chi connectivity index (χ3n) is 2.85. The highest BCUT2D eigenvalue weighted by molar-refractivity contribution is 5.89. The second-order valence-electron chi connectivity index (χ2n) is 4.26. The van der Waals surface area contributed by atoms with Crippen LogP contribution in [0.3, 0.4) is 0 Å². The molecule has 0 spiro atoms. The zero-order valence-corrected chi connectivity index (χ0v) is 10.6. The number of esters is 1. The molecule has 1 unspecified atom stereocenters. The first-order valence-corrected chi connectivity index (χ1v) is 5.69. The van der Waals surface area contributed by atoms with E-state index in [4.69, 9.17) is 11.5 Å². The van der Waals surface area contributed by atoms with Gasteiger partial charge in [-0.25, -0.2) is 4.79 Å². The number of rotatable bonds is 5. The third kappa shape index (κ3) is 3.56.